The van der Waals surface area contributed by atoms with Gasteiger partial charge < -0.3 is 15.5 Å². The van der Waals surface area contributed by atoms with Gasteiger partial charge in [0.05, 0.1) is 5.69 Å². The molecule has 1 aromatic rings. The molecule has 5 heteroatoms. The highest BCUT2D eigenvalue weighted by atomic mass is 19.1. The second kappa shape index (κ2) is 8.18. The minimum Gasteiger partial charge on any atom is -0.369 e. The van der Waals surface area contributed by atoms with Gasteiger partial charge in [0.25, 0.3) is 0 Å². The SMILES string of the molecule is CC(C)CCC(C)NC(=O)Nc1ccc(N2CCCC2)c(F)c1. The molecule has 0 saturated carbocycles. The first-order valence-corrected chi connectivity index (χ1v) is 8.57. The molecule has 0 aromatic heterocycles. The van der Waals surface area contributed by atoms with Crippen LogP contribution in [0.5, 0.6) is 0 Å². The van der Waals surface area contributed by atoms with Crippen LogP contribution in [-0.4, -0.2) is 25.2 Å². The highest BCUT2D eigenvalue weighted by molar-refractivity contribution is 5.89. The van der Waals surface area contributed by atoms with E-state index in [1.54, 1.807) is 12.1 Å². The first-order chi connectivity index (χ1) is 11.0. The number of benzene rings is 1. The van der Waals surface area contributed by atoms with Crippen LogP contribution in [0.3, 0.4) is 0 Å². The molecule has 0 aliphatic carbocycles. The van der Waals surface area contributed by atoms with E-state index in [1.807, 2.05) is 11.8 Å². The Morgan fingerprint density at radius 3 is 2.52 bits per heavy atom. The van der Waals surface area contributed by atoms with Gasteiger partial charge in [0.1, 0.15) is 5.82 Å². The third-order valence-electron chi connectivity index (χ3n) is 4.21. The molecule has 0 radical (unpaired) electrons. The molecule has 1 aliphatic heterocycles. The lowest BCUT2D eigenvalue weighted by molar-refractivity contribution is 0.248. The Balaban J connectivity index is 1.87. The van der Waals surface area contributed by atoms with Crippen molar-refractivity contribution in [2.24, 2.45) is 5.92 Å². The van der Waals surface area contributed by atoms with Gasteiger partial charge in [-0.3, -0.25) is 0 Å². The number of hydrogen-bond acceptors (Lipinski definition) is 2. The Morgan fingerprint density at radius 1 is 1.22 bits per heavy atom. The zero-order valence-corrected chi connectivity index (χ0v) is 14.4. The van der Waals surface area contributed by atoms with E-state index in [0.717, 1.165) is 38.8 Å². The largest absolute Gasteiger partial charge is 0.369 e. The summed E-state index contributed by atoms with van der Waals surface area (Å²) in [6.07, 6.45) is 4.22. The van der Waals surface area contributed by atoms with E-state index >= 15 is 0 Å². The summed E-state index contributed by atoms with van der Waals surface area (Å²) in [6, 6.07) is 4.72. The van der Waals surface area contributed by atoms with E-state index in [1.165, 1.54) is 6.07 Å². The summed E-state index contributed by atoms with van der Waals surface area (Å²) in [6.45, 7) is 8.11. The number of halogens is 1. The van der Waals surface area contributed by atoms with Crippen molar-refractivity contribution in [2.45, 2.75) is 52.5 Å². The molecule has 1 aliphatic rings. The van der Waals surface area contributed by atoms with Crippen LogP contribution in [0.1, 0.15) is 46.5 Å². The smallest absolute Gasteiger partial charge is 0.319 e. The molecule has 4 nitrogen and oxygen atoms in total. The van der Waals surface area contributed by atoms with E-state index in [0.29, 0.717) is 17.3 Å². The normalized spacial score (nSPS) is 15.8. The van der Waals surface area contributed by atoms with Gasteiger partial charge in [-0.1, -0.05) is 13.8 Å². The zero-order chi connectivity index (χ0) is 16.8. The van der Waals surface area contributed by atoms with E-state index < -0.39 is 0 Å². The van der Waals surface area contributed by atoms with E-state index in [9.17, 15) is 9.18 Å². The van der Waals surface area contributed by atoms with Crippen molar-refractivity contribution >= 4 is 17.4 Å². The lowest BCUT2D eigenvalue weighted by Crippen LogP contribution is -2.36. The standard InChI is InChI=1S/C18H28FN3O/c1-13(2)6-7-14(3)20-18(23)21-15-8-9-17(16(19)12-15)22-10-4-5-11-22/h8-9,12-14H,4-7,10-11H2,1-3H3,(H2,20,21,23). The van der Waals surface area contributed by atoms with Gasteiger partial charge in [-0.25, -0.2) is 9.18 Å². The fourth-order valence-electron chi connectivity index (χ4n) is 2.85. The van der Waals surface area contributed by atoms with Crippen molar-refractivity contribution in [1.82, 2.24) is 5.32 Å². The topological polar surface area (TPSA) is 44.4 Å². The fourth-order valence-corrected chi connectivity index (χ4v) is 2.85. The summed E-state index contributed by atoms with van der Waals surface area (Å²) < 4.78 is 14.2. The molecule has 1 fully saturated rings. The number of anilines is 2. The van der Waals surface area contributed by atoms with Crippen molar-refractivity contribution in [2.75, 3.05) is 23.3 Å². The molecule has 1 heterocycles. The summed E-state index contributed by atoms with van der Waals surface area (Å²) in [7, 11) is 0. The summed E-state index contributed by atoms with van der Waals surface area (Å²) in [5, 5.41) is 5.60. The number of hydrogen-bond donors (Lipinski definition) is 2. The lowest BCUT2D eigenvalue weighted by atomic mass is 10.0. The van der Waals surface area contributed by atoms with Crippen molar-refractivity contribution in [3.05, 3.63) is 24.0 Å². The van der Waals surface area contributed by atoms with Gasteiger partial charge in [0.15, 0.2) is 0 Å². The molecule has 2 amide bonds. The van der Waals surface area contributed by atoms with Crippen molar-refractivity contribution in [3.8, 4) is 0 Å². The summed E-state index contributed by atoms with van der Waals surface area (Å²) in [4.78, 5) is 14.0. The van der Waals surface area contributed by atoms with Crippen molar-refractivity contribution in [3.63, 3.8) is 0 Å². The van der Waals surface area contributed by atoms with Crippen LogP contribution in [-0.2, 0) is 0 Å². The molecule has 1 atom stereocenters. The first-order valence-electron chi connectivity index (χ1n) is 8.57. The number of nitrogens with zero attached hydrogens (tertiary/aromatic N) is 1. The van der Waals surface area contributed by atoms with E-state index in [2.05, 4.69) is 24.5 Å². The van der Waals surface area contributed by atoms with E-state index in [4.69, 9.17) is 0 Å². The van der Waals surface area contributed by atoms with Crippen LogP contribution >= 0.6 is 0 Å². The minimum atomic E-state index is -0.283. The van der Waals surface area contributed by atoms with Crippen LogP contribution in [0, 0.1) is 11.7 Å². The number of carbonyl (C=O) groups excluding carboxylic acids is 1. The second-order valence-electron chi connectivity index (χ2n) is 6.83. The van der Waals surface area contributed by atoms with Crippen LogP contribution in [0.15, 0.2) is 18.2 Å². The Labute approximate surface area is 138 Å². The van der Waals surface area contributed by atoms with Gasteiger partial charge in [0.2, 0.25) is 0 Å². The van der Waals surface area contributed by atoms with Crippen LogP contribution in [0.4, 0.5) is 20.6 Å². The van der Waals surface area contributed by atoms with Gasteiger partial charge in [-0.05, 0) is 56.7 Å². The molecule has 0 bridgehead atoms. The lowest BCUT2D eigenvalue weighted by Gasteiger charge is -2.19. The van der Waals surface area contributed by atoms with Gasteiger partial charge in [-0.2, -0.15) is 0 Å². The average molecular weight is 321 g/mol. The summed E-state index contributed by atoms with van der Waals surface area (Å²) in [5.41, 5.74) is 1.11. The van der Waals surface area contributed by atoms with Crippen molar-refractivity contribution < 1.29 is 9.18 Å². The zero-order valence-electron chi connectivity index (χ0n) is 14.4. The highest BCUT2D eigenvalue weighted by Crippen LogP contribution is 2.26. The van der Waals surface area contributed by atoms with E-state index in [-0.39, 0.29) is 17.9 Å². The second-order valence-corrected chi connectivity index (χ2v) is 6.83. The molecule has 128 valence electrons. The van der Waals surface area contributed by atoms with Gasteiger partial charge in [-0.15, -0.1) is 0 Å². The minimum absolute atomic E-state index is 0.103. The maximum Gasteiger partial charge on any atom is 0.319 e. The molecule has 2 rings (SSSR count). The number of amides is 2. The summed E-state index contributed by atoms with van der Waals surface area (Å²) >= 11 is 0. The van der Waals surface area contributed by atoms with Gasteiger partial charge in [0, 0.05) is 24.8 Å². The molecule has 1 saturated heterocycles. The highest BCUT2D eigenvalue weighted by Gasteiger charge is 2.16. The van der Waals surface area contributed by atoms with Crippen LogP contribution in [0.25, 0.3) is 0 Å². The Morgan fingerprint density at radius 2 is 1.91 bits per heavy atom. The predicted molar refractivity (Wildman–Crippen MR) is 93.5 cm³/mol. The van der Waals surface area contributed by atoms with Crippen molar-refractivity contribution in [1.29, 1.82) is 0 Å². The number of carbonyl (C=O) groups is 1. The Hall–Kier alpha value is -1.78. The third kappa shape index (κ3) is 5.41. The number of nitrogens with one attached hydrogen (secondary N) is 2. The number of rotatable bonds is 6. The molecular formula is C18H28FN3O. The maximum atomic E-state index is 14.2. The fraction of sp³-hybridized carbons (Fsp3) is 0.611. The van der Waals surface area contributed by atoms with Crippen LogP contribution < -0.4 is 15.5 Å². The van der Waals surface area contributed by atoms with Crippen LogP contribution in [0.2, 0.25) is 0 Å². The number of urea groups is 1. The first kappa shape index (κ1) is 17.6. The molecule has 23 heavy (non-hydrogen) atoms. The summed E-state index contributed by atoms with van der Waals surface area (Å²) in [5.74, 6) is 0.340. The molecule has 2 N–H and O–H groups in total. The quantitative estimate of drug-likeness (QED) is 0.817. The maximum absolute atomic E-state index is 14.2. The molecular weight excluding hydrogens is 293 g/mol. The molecule has 0 spiro atoms. The van der Waals surface area contributed by atoms with Gasteiger partial charge >= 0.3 is 6.03 Å². The molecule has 1 aromatic carbocycles. The monoisotopic (exact) mass is 321 g/mol. The Kier molecular flexibility index (Phi) is 6.25. The third-order valence-corrected chi connectivity index (χ3v) is 4.21. The Bertz CT molecular complexity index is 527. The average Bonchev–Trinajstić information content (AvgIpc) is 2.99. The predicted octanol–water partition coefficient (Wildman–Crippen LogP) is 4.37. The molecule has 1 unspecified atom stereocenters.